The molecular formula is C20H21N3O5. The number of benzene rings is 1. The van der Waals surface area contributed by atoms with E-state index < -0.39 is 23.1 Å². The van der Waals surface area contributed by atoms with Crippen LogP contribution in [0, 0.1) is 5.92 Å². The summed E-state index contributed by atoms with van der Waals surface area (Å²) in [5.74, 6) is 0.177. The standard InChI is InChI=1S/C20H21N3O5/c1-10(2)8-23-17-16(18(24)22-20(23)26)14(11-4-6-12(27-3)7-5-11)15-13(21-17)9-28-19(15)25/h4-7,10,14,21H,8-9H2,1-3H3,(H,22,24,26)/t14-/m0/s1. The fourth-order valence-electron chi connectivity index (χ4n) is 3.76. The lowest BCUT2D eigenvalue weighted by Crippen LogP contribution is -2.39. The molecule has 8 nitrogen and oxygen atoms in total. The molecule has 0 amide bonds. The van der Waals surface area contributed by atoms with Crippen molar-refractivity contribution in [3.05, 3.63) is 67.5 Å². The molecule has 0 unspecified atom stereocenters. The fraction of sp³-hybridized carbons (Fsp3) is 0.350. The Morgan fingerprint density at radius 1 is 1.21 bits per heavy atom. The van der Waals surface area contributed by atoms with E-state index in [2.05, 4.69) is 10.3 Å². The molecule has 146 valence electrons. The first kappa shape index (κ1) is 18.1. The third-order valence-corrected chi connectivity index (χ3v) is 4.97. The molecule has 0 aliphatic carbocycles. The number of nitrogens with one attached hydrogen (secondary N) is 2. The number of rotatable bonds is 4. The highest BCUT2D eigenvalue weighted by atomic mass is 16.5. The van der Waals surface area contributed by atoms with E-state index in [4.69, 9.17) is 9.47 Å². The second-order valence-electron chi connectivity index (χ2n) is 7.33. The molecule has 1 aromatic carbocycles. The number of anilines is 1. The first-order valence-corrected chi connectivity index (χ1v) is 9.08. The lowest BCUT2D eigenvalue weighted by Gasteiger charge is -2.28. The quantitative estimate of drug-likeness (QED) is 0.777. The molecule has 3 heterocycles. The molecular weight excluding hydrogens is 362 g/mol. The number of hydrogen-bond donors (Lipinski definition) is 2. The molecule has 4 rings (SSSR count). The number of methoxy groups -OCH3 is 1. The summed E-state index contributed by atoms with van der Waals surface area (Å²) in [6.45, 7) is 4.49. The summed E-state index contributed by atoms with van der Waals surface area (Å²) >= 11 is 0. The molecule has 0 spiro atoms. The highest BCUT2D eigenvalue weighted by Crippen LogP contribution is 2.42. The van der Waals surface area contributed by atoms with Crippen molar-refractivity contribution in [3.63, 3.8) is 0 Å². The van der Waals surface area contributed by atoms with Crippen molar-refractivity contribution in [2.75, 3.05) is 19.0 Å². The summed E-state index contributed by atoms with van der Waals surface area (Å²) in [6.07, 6.45) is 0. The van der Waals surface area contributed by atoms with E-state index in [0.717, 1.165) is 5.56 Å². The fourth-order valence-corrected chi connectivity index (χ4v) is 3.76. The smallest absolute Gasteiger partial charge is 0.337 e. The van der Waals surface area contributed by atoms with Crippen LogP contribution in [0.2, 0.25) is 0 Å². The highest BCUT2D eigenvalue weighted by Gasteiger charge is 2.41. The van der Waals surface area contributed by atoms with Gasteiger partial charge in [0.2, 0.25) is 0 Å². The number of nitrogens with zero attached hydrogens (tertiary/aromatic N) is 1. The zero-order valence-electron chi connectivity index (χ0n) is 15.9. The summed E-state index contributed by atoms with van der Waals surface area (Å²) < 4.78 is 11.9. The SMILES string of the molecule is COc1ccc([C@H]2C3=C(COC3=O)Nc3c2c(=O)[nH]c(=O)n3CC(C)C)cc1. The lowest BCUT2D eigenvalue weighted by molar-refractivity contribution is -0.136. The molecule has 0 radical (unpaired) electrons. The van der Waals surface area contributed by atoms with Gasteiger partial charge in [0.05, 0.1) is 29.9 Å². The van der Waals surface area contributed by atoms with Crippen LogP contribution in [0.5, 0.6) is 5.75 Å². The van der Waals surface area contributed by atoms with E-state index in [1.54, 1.807) is 19.2 Å². The minimum Gasteiger partial charge on any atom is -0.497 e. The second kappa shape index (κ2) is 6.70. The van der Waals surface area contributed by atoms with Gasteiger partial charge in [-0.1, -0.05) is 26.0 Å². The number of ether oxygens (including phenoxy) is 2. The summed E-state index contributed by atoms with van der Waals surface area (Å²) in [7, 11) is 1.57. The van der Waals surface area contributed by atoms with Crippen molar-refractivity contribution >= 4 is 11.8 Å². The van der Waals surface area contributed by atoms with Gasteiger partial charge in [0.25, 0.3) is 5.56 Å². The molecule has 8 heteroatoms. The molecule has 0 fully saturated rings. The maximum Gasteiger partial charge on any atom is 0.337 e. The number of aromatic amines is 1. The molecule has 0 bridgehead atoms. The van der Waals surface area contributed by atoms with Crippen LogP contribution < -0.4 is 21.3 Å². The van der Waals surface area contributed by atoms with Gasteiger partial charge in [-0.2, -0.15) is 0 Å². The normalized spacial score (nSPS) is 17.9. The van der Waals surface area contributed by atoms with Gasteiger partial charge < -0.3 is 14.8 Å². The Kier molecular flexibility index (Phi) is 4.33. The Labute approximate surface area is 160 Å². The minimum atomic E-state index is -0.630. The van der Waals surface area contributed by atoms with Crippen LogP contribution in [-0.4, -0.2) is 29.2 Å². The average molecular weight is 383 g/mol. The maximum atomic E-state index is 12.8. The Hall–Kier alpha value is -3.29. The summed E-state index contributed by atoms with van der Waals surface area (Å²) in [4.78, 5) is 40.1. The van der Waals surface area contributed by atoms with Crippen molar-refractivity contribution in [3.8, 4) is 5.75 Å². The van der Waals surface area contributed by atoms with Gasteiger partial charge in [-0.15, -0.1) is 0 Å². The molecule has 28 heavy (non-hydrogen) atoms. The van der Waals surface area contributed by atoms with E-state index in [0.29, 0.717) is 34.9 Å². The van der Waals surface area contributed by atoms with Crippen molar-refractivity contribution < 1.29 is 14.3 Å². The Balaban J connectivity index is 1.98. The number of aromatic nitrogens is 2. The second-order valence-corrected chi connectivity index (χ2v) is 7.33. The number of carbonyl (C=O) groups is 1. The van der Waals surface area contributed by atoms with Crippen LogP contribution in [0.1, 0.15) is 30.9 Å². The van der Waals surface area contributed by atoms with Gasteiger partial charge in [-0.05, 0) is 23.6 Å². The van der Waals surface area contributed by atoms with Crippen molar-refractivity contribution in [1.29, 1.82) is 0 Å². The molecule has 2 aromatic rings. The van der Waals surface area contributed by atoms with E-state index in [1.165, 1.54) is 4.57 Å². The largest absolute Gasteiger partial charge is 0.497 e. The van der Waals surface area contributed by atoms with Crippen LogP contribution in [-0.2, 0) is 16.1 Å². The van der Waals surface area contributed by atoms with Gasteiger partial charge in [0.1, 0.15) is 18.2 Å². The van der Waals surface area contributed by atoms with E-state index >= 15 is 0 Å². The lowest BCUT2D eigenvalue weighted by atomic mass is 9.82. The zero-order chi connectivity index (χ0) is 20.0. The predicted octanol–water partition coefficient (Wildman–Crippen LogP) is 1.57. The number of H-pyrrole nitrogens is 1. The summed E-state index contributed by atoms with van der Waals surface area (Å²) in [5, 5.41) is 3.12. The number of fused-ring (bicyclic) bond motifs is 1. The Morgan fingerprint density at radius 3 is 2.57 bits per heavy atom. The van der Waals surface area contributed by atoms with Crippen molar-refractivity contribution in [2.45, 2.75) is 26.3 Å². The molecule has 2 aliphatic heterocycles. The van der Waals surface area contributed by atoms with E-state index in [9.17, 15) is 14.4 Å². The summed E-state index contributed by atoms with van der Waals surface area (Å²) in [6, 6.07) is 7.17. The van der Waals surface area contributed by atoms with E-state index in [1.807, 2.05) is 26.0 Å². The van der Waals surface area contributed by atoms with Crippen LogP contribution in [0.3, 0.4) is 0 Å². The third-order valence-electron chi connectivity index (χ3n) is 4.97. The van der Waals surface area contributed by atoms with Crippen molar-refractivity contribution in [1.82, 2.24) is 9.55 Å². The number of esters is 1. The Bertz CT molecular complexity index is 1090. The molecule has 2 N–H and O–H groups in total. The number of hydrogen-bond acceptors (Lipinski definition) is 6. The predicted molar refractivity (Wildman–Crippen MR) is 103 cm³/mol. The number of cyclic esters (lactones) is 1. The topological polar surface area (TPSA) is 102 Å². The maximum absolute atomic E-state index is 12.8. The monoisotopic (exact) mass is 383 g/mol. The first-order chi connectivity index (χ1) is 13.4. The van der Waals surface area contributed by atoms with Crippen LogP contribution >= 0.6 is 0 Å². The van der Waals surface area contributed by atoms with Crippen LogP contribution in [0.15, 0.2) is 45.1 Å². The van der Waals surface area contributed by atoms with Gasteiger partial charge in [-0.25, -0.2) is 9.59 Å². The average Bonchev–Trinajstić information content (AvgIpc) is 3.04. The van der Waals surface area contributed by atoms with Gasteiger partial charge in [0, 0.05) is 6.54 Å². The zero-order valence-corrected chi connectivity index (χ0v) is 15.9. The van der Waals surface area contributed by atoms with Gasteiger partial charge in [-0.3, -0.25) is 14.3 Å². The van der Waals surface area contributed by atoms with Crippen LogP contribution in [0.4, 0.5) is 5.82 Å². The first-order valence-electron chi connectivity index (χ1n) is 9.08. The number of carbonyl (C=O) groups excluding carboxylic acids is 1. The minimum absolute atomic E-state index is 0.0862. The Morgan fingerprint density at radius 2 is 1.93 bits per heavy atom. The molecule has 1 atom stereocenters. The highest BCUT2D eigenvalue weighted by molar-refractivity contribution is 5.96. The van der Waals surface area contributed by atoms with Crippen LogP contribution in [0.25, 0.3) is 0 Å². The summed E-state index contributed by atoms with van der Waals surface area (Å²) in [5.41, 5.74) is 1.07. The molecule has 0 saturated heterocycles. The van der Waals surface area contributed by atoms with Gasteiger partial charge in [0.15, 0.2) is 0 Å². The third kappa shape index (κ3) is 2.81. The molecule has 1 aromatic heterocycles. The van der Waals surface area contributed by atoms with Crippen molar-refractivity contribution in [2.24, 2.45) is 5.92 Å². The molecule has 2 aliphatic rings. The van der Waals surface area contributed by atoms with E-state index in [-0.39, 0.29) is 12.5 Å². The van der Waals surface area contributed by atoms with Gasteiger partial charge >= 0.3 is 11.7 Å². The molecule has 0 saturated carbocycles.